The second-order valence-electron chi connectivity index (χ2n) is 8.92. The number of nitrogens with two attached hydrogens (primary N) is 1. The van der Waals surface area contributed by atoms with Crippen LogP contribution in [0.4, 0.5) is 16.6 Å². The van der Waals surface area contributed by atoms with Crippen molar-refractivity contribution in [1.82, 2.24) is 24.4 Å². The van der Waals surface area contributed by atoms with Crippen LogP contribution < -0.4 is 10.6 Å². The average Bonchev–Trinajstić information content (AvgIpc) is 3.47. The van der Waals surface area contributed by atoms with Gasteiger partial charge in [-0.15, -0.1) is 0 Å². The van der Waals surface area contributed by atoms with E-state index < -0.39 is 0 Å². The molecule has 2 aliphatic rings. The summed E-state index contributed by atoms with van der Waals surface area (Å²) in [6.07, 6.45) is 1.99. The molecule has 1 amide bonds. The number of benzene rings is 2. The van der Waals surface area contributed by atoms with Gasteiger partial charge in [-0.05, 0) is 22.3 Å². The Bertz CT molecular complexity index is 1410. The fraction of sp³-hybridized carbons (Fsp3) is 0.269. The molecule has 1 aliphatic carbocycles. The van der Waals surface area contributed by atoms with Gasteiger partial charge in [0, 0.05) is 32.1 Å². The molecule has 36 heavy (non-hydrogen) atoms. The standard InChI is InChI=1S/C26H25N7O3/c27-23-22-24(28-16-33(22)13-14-34)30-25(29-23)31-9-11-32(12-10-31)26(35)36-15-21-19-7-3-1-5-17(19)18-6-2-4-8-20(18)21/h1-8,14,16,21H,9-13,15H2,(H2,27,29,30). The van der Waals surface area contributed by atoms with E-state index in [9.17, 15) is 9.59 Å². The number of piperazine rings is 1. The van der Waals surface area contributed by atoms with Crippen molar-refractivity contribution in [3.63, 3.8) is 0 Å². The Labute approximate surface area is 207 Å². The lowest BCUT2D eigenvalue weighted by atomic mass is 9.98. The summed E-state index contributed by atoms with van der Waals surface area (Å²) < 4.78 is 7.42. The molecule has 1 saturated heterocycles. The van der Waals surface area contributed by atoms with Gasteiger partial charge in [0.25, 0.3) is 0 Å². The molecule has 10 nitrogen and oxygen atoms in total. The monoisotopic (exact) mass is 483 g/mol. The van der Waals surface area contributed by atoms with Crippen molar-refractivity contribution in [2.45, 2.75) is 12.5 Å². The Morgan fingerprint density at radius 2 is 1.67 bits per heavy atom. The van der Waals surface area contributed by atoms with Gasteiger partial charge in [0.1, 0.15) is 18.4 Å². The Kier molecular flexibility index (Phi) is 5.48. The Morgan fingerprint density at radius 3 is 2.33 bits per heavy atom. The van der Waals surface area contributed by atoms with E-state index in [0.29, 0.717) is 49.9 Å². The molecule has 3 heterocycles. The molecule has 4 aromatic rings. The molecule has 0 unspecified atom stereocenters. The van der Waals surface area contributed by atoms with Gasteiger partial charge in [0.15, 0.2) is 11.5 Å². The predicted octanol–water partition coefficient (Wildman–Crippen LogP) is 2.68. The average molecular weight is 484 g/mol. The number of aldehydes is 1. The molecule has 0 bridgehead atoms. The lowest BCUT2D eigenvalue weighted by Crippen LogP contribution is -2.49. The van der Waals surface area contributed by atoms with Crippen LogP contribution in [0, 0.1) is 0 Å². The van der Waals surface area contributed by atoms with Gasteiger partial charge >= 0.3 is 6.09 Å². The third-order valence-corrected chi connectivity index (χ3v) is 6.92. The summed E-state index contributed by atoms with van der Waals surface area (Å²) in [5.41, 5.74) is 11.9. The number of imidazole rings is 1. The zero-order chi connectivity index (χ0) is 24.6. The zero-order valence-corrected chi connectivity index (χ0v) is 19.6. The zero-order valence-electron chi connectivity index (χ0n) is 19.6. The van der Waals surface area contributed by atoms with Crippen molar-refractivity contribution in [3.8, 4) is 11.1 Å². The summed E-state index contributed by atoms with van der Waals surface area (Å²) in [4.78, 5) is 40.7. The number of nitrogens with zero attached hydrogens (tertiary/aromatic N) is 6. The van der Waals surface area contributed by atoms with E-state index in [-0.39, 0.29) is 24.4 Å². The van der Waals surface area contributed by atoms with Crippen molar-refractivity contribution < 1.29 is 14.3 Å². The van der Waals surface area contributed by atoms with Crippen molar-refractivity contribution in [2.75, 3.05) is 43.4 Å². The SMILES string of the molecule is Nc1nc(N2CCN(C(=O)OCC3c4ccccc4-c4ccccc43)CC2)nc2ncn(CC=O)c12. The van der Waals surface area contributed by atoms with E-state index in [4.69, 9.17) is 10.5 Å². The van der Waals surface area contributed by atoms with Gasteiger partial charge in [0.05, 0.1) is 12.9 Å². The predicted molar refractivity (Wildman–Crippen MR) is 135 cm³/mol. The maximum absolute atomic E-state index is 12.9. The second-order valence-corrected chi connectivity index (χ2v) is 8.92. The fourth-order valence-corrected chi connectivity index (χ4v) is 5.13. The molecule has 1 aliphatic heterocycles. The van der Waals surface area contributed by atoms with Crippen LogP contribution in [0.1, 0.15) is 17.0 Å². The van der Waals surface area contributed by atoms with Crippen LogP contribution in [-0.4, -0.2) is 69.6 Å². The molecule has 0 spiro atoms. The lowest BCUT2D eigenvalue weighted by molar-refractivity contribution is -0.108. The van der Waals surface area contributed by atoms with E-state index in [1.54, 1.807) is 9.47 Å². The second kappa shape index (κ2) is 8.95. The largest absolute Gasteiger partial charge is 0.448 e. The quantitative estimate of drug-likeness (QED) is 0.430. The lowest BCUT2D eigenvalue weighted by Gasteiger charge is -2.34. The fourth-order valence-electron chi connectivity index (χ4n) is 5.13. The number of amides is 1. The number of ether oxygens (including phenoxy) is 1. The number of hydrogen-bond donors (Lipinski definition) is 1. The van der Waals surface area contributed by atoms with E-state index in [1.807, 2.05) is 29.2 Å². The van der Waals surface area contributed by atoms with Crippen molar-refractivity contribution >= 4 is 35.3 Å². The highest BCUT2D eigenvalue weighted by atomic mass is 16.6. The Morgan fingerprint density at radius 1 is 1.00 bits per heavy atom. The first-order valence-corrected chi connectivity index (χ1v) is 11.9. The van der Waals surface area contributed by atoms with Crippen LogP contribution in [0.15, 0.2) is 54.9 Å². The summed E-state index contributed by atoms with van der Waals surface area (Å²) in [6.45, 7) is 2.50. The summed E-state index contributed by atoms with van der Waals surface area (Å²) in [5, 5.41) is 0. The highest BCUT2D eigenvalue weighted by Gasteiger charge is 2.30. The van der Waals surface area contributed by atoms with Crippen LogP contribution in [0.5, 0.6) is 0 Å². The van der Waals surface area contributed by atoms with Crippen LogP contribution >= 0.6 is 0 Å². The molecule has 0 saturated carbocycles. The smallest absolute Gasteiger partial charge is 0.409 e. The van der Waals surface area contributed by atoms with Gasteiger partial charge in [-0.1, -0.05) is 48.5 Å². The third kappa shape index (κ3) is 3.71. The first-order valence-electron chi connectivity index (χ1n) is 11.9. The molecule has 1 fully saturated rings. The first kappa shape index (κ1) is 22.0. The van der Waals surface area contributed by atoms with Gasteiger partial charge in [-0.25, -0.2) is 9.78 Å². The number of anilines is 2. The number of nitrogen functional groups attached to an aromatic ring is 1. The third-order valence-electron chi connectivity index (χ3n) is 6.92. The molecular weight excluding hydrogens is 458 g/mol. The molecule has 2 aromatic heterocycles. The van der Waals surface area contributed by atoms with Gasteiger partial charge < -0.3 is 29.6 Å². The maximum Gasteiger partial charge on any atom is 0.409 e. The number of hydrogen-bond acceptors (Lipinski definition) is 8. The number of fused-ring (bicyclic) bond motifs is 4. The number of carbonyl (C=O) groups excluding carboxylic acids is 2. The van der Waals surface area contributed by atoms with Gasteiger partial charge in [0.2, 0.25) is 5.95 Å². The highest BCUT2D eigenvalue weighted by molar-refractivity contribution is 5.84. The van der Waals surface area contributed by atoms with Gasteiger partial charge in [-0.2, -0.15) is 9.97 Å². The molecule has 0 radical (unpaired) electrons. The Balaban J connectivity index is 1.10. The van der Waals surface area contributed by atoms with E-state index in [2.05, 4.69) is 39.2 Å². The molecular formula is C26H25N7O3. The normalized spacial score (nSPS) is 15.1. The summed E-state index contributed by atoms with van der Waals surface area (Å²) >= 11 is 0. The molecule has 182 valence electrons. The van der Waals surface area contributed by atoms with Crippen LogP contribution in [0.3, 0.4) is 0 Å². The summed E-state index contributed by atoms with van der Waals surface area (Å²) in [6, 6.07) is 16.6. The minimum Gasteiger partial charge on any atom is -0.448 e. The van der Waals surface area contributed by atoms with Crippen molar-refractivity contribution in [3.05, 3.63) is 66.0 Å². The molecule has 2 N–H and O–H groups in total. The Hall–Kier alpha value is -4.47. The molecule has 10 heteroatoms. The van der Waals surface area contributed by atoms with Crippen LogP contribution in [0.25, 0.3) is 22.3 Å². The van der Waals surface area contributed by atoms with E-state index in [0.717, 1.165) is 6.29 Å². The van der Waals surface area contributed by atoms with E-state index in [1.165, 1.54) is 28.6 Å². The van der Waals surface area contributed by atoms with E-state index >= 15 is 0 Å². The number of aromatic nitrogens is 4. The van der Waals surface area contributed by atoms with Crippen molar-refractivity contribution in [2.24, 2.45) is 0 Å². The van der Waals surface area contributed by atoms with Crippen LogP contribution in [-0.2, 0) is 16.1 Å². The first-order chi connectivity index (χ1) is 17.6. The molecule has 2 aromatic carbocycles. The molecule has 0 atom stereocenters. The molecule has 6 rings (SSSR count). The maximum atomic E-state index is 12.9. The summed E-state index contributed by atoms with van der Waals surface area (Å²) in [7, 11) is 0. The number of carbonyl (C=O) groups is 2. The highest BCUT2D eigenvalue weighted by Crippen LogP contribution is 2.44. The van der Waals surface area contributed by atoms with Gasteiger partial charge in [-0.3, -0.25) is 0 Å². The summed E-state index contributed by atoms with van der Waals surface area (Å²) in [5.74, 6) is 0.765. The topological polar surface area (TPSA) is 119 Å². The number of rotatable bonds is 5. The van der Waals surface area contributed by atoms with Crippen molar-refractivity contribution in [1.29, 1.82) is 0 Å². The minimum absolute atomic E-state index is 0.0322. The van der Waals surface area contributed by atoms with Crippen LogP contribution in [0.2, 0.25) is 0 Å². The minimum atomic E-state index is -0.319.